The summed E-state index contributed by atoms with van der Waals surface area (Å²) in [5, 5.41) is 10.9. The lowest BCUT2D eigenvalue weighted by atomic mass is 10.2. The normalized spacial score (nSPS) is 9.86. The van der Waals surface area contributed by atoms with Crippen LogP contribution in [0.1, 0.15) is 5.56 Å². The molecule has 5 heteroatoms. The van der Waals surface area contributed by atoms with E-state index in [4.69, 9.17) is 22.7 Å². The molecule has 0 bridgehead atoms. The number of para-hydroxylation sites is 1. The van der Waals surface area contributed by atoms with Crippen LogP contribution in [0.15, 0.2) is 18.2 Å². The van der Waals surface area contributed by atoms with Gasteiger partial charge in [-0.05, 0) is 11.6 Å². The van der Waals surface area contributed by atoms with E-state index in [2.05, 4.69) is 5.32 Å². The van der Waals surface area contributed by atoms with Crippen molar-refractivity contribution in [1.29, 1.82) is 5.41 Å². The first kappa shape index (κ1) is 11.2. The maximum Gasteiger partial charge on any atom is 0.151 e. The molecule has 1 rings (SSSR count). The molecule has 0 heterocycles. The zero-order chi connectivity index (χ0) is 10.6. The van der Waals surface area contributed by atoms with Gasteiger partial charge in [0.2, 0.25) is 0 Å². The Balaban J connectivity index is 2.85. The van der Waals surface area contributed by atoms with Gasteiger partial charge in [-0.25, -0.2) is 0 Å². The van der Waals surface area contributed by atoms with Gasteiger partial charge >= 0.3 is 0 Å². The van der Waals surface area contributed by atoms with Gasteiger partial charge in [0.1, 0.15) is 0 Å². The minimum absolute atomic E-state index is 0.118. The third kappa shape index (κ3) is 2.82. The van der Waals surface area contributed by atoms with Crippen molar-refractivity contribution >= 4 is 34.2 Å². The topological polar surface area (TPSA) is 61.9 Å². The van der Waals surface area contributed by atoms with Gasteiger partial charge < -0.3 is 11.1 Å². The summed E-state index contributed by atoms with van der Waals surface area (Å²) in [5.41, 5.74) is 7.22. The lowest BCUT2D eigenvalue weighted by Gasteiger charge is -2.09. The van der Waals surface area contributed by atoms with Crippen LogP contribution in [0.2, 0.25) is 5.02 Å². The molecule has 4 N–H and O–H groups in total. The molecule has 0 aliphatic carbocycles. The Morgan fingerprint density at radius 1 is 1.64 bits per heavy atom. The summed E-state index contributed by atoms with van der Waals surface area (Å²) >= 11 is 7.27. The molecule has 0 aromatic heterocycles. The molecule has 0 atom stereocenters. The molecule has 0 unspecified atom stereocenters. The first-order valence-electron chi connectivity index (χ1n) is 4.07. The standard InChI is InChI=1S/C9H12ClN3S/c1-13-8-6(5-14-9(11)12)3-2-4-7(8)10/h2-4,13H,5H2,1H3,(H3,11,12). The van der Waals surface area contributed by atoms with Crippen molar-refractivity contribution < 1.29 is 0 Å². The van der Waals surface area contributed by atoms with Crippen LogP contribution in [0.4, 0.5) is 5.69 Å². The molecule has 1 aromatic rings. The van der Waals surface area contributed by atoms with E-state index in [9.17, 15) is 0 Å². The first-order valence-corrected chi connectivity index (χ1v) is 5.43. The average Bonchev–Trinajstić information content (AvgIpc) is 2.14. The number of nitrogens with one attached hydrogen (secondary N) is 2. The monoisotopic (exact) mass is 229 g/mol. The fourth-order valence-corrected chi connectivity index (χ4v) is 1.96. The van der Waals surface area contributed by atoms with Gasteiger partial charge in [-0.3, -0.25) is 5.41 Å². The largest absolute Gasteiger partial charge is 0.387 e. The van der Waals surface area contributed by atoms with Crippen LogP contribution >= 0.6 is 23.4 Å². The van der Waals surface area contributed by atoms with E-state index >= 15 is 0 Å². The molecule has 0 fully saturated rings. The second kappa shape index (κ2) is 5.12. The maximum absolute atomic E-state index is 7.11. The Labute approximate surface area is 92.5 Å². The highest BCUT2D eigenvalue weighted by atomic mass is 35.5. The number of halogens is 1. The Morgan fingerprint density at radius 3 is 2.93 bits per heavy atom. The Kier molecular flexibility index (Phi) is 4.10. The van der Waals surface area contributed by atoms with Gasteiger partial charge in [0.25, 0.3) is 0 Å². The highest BCUT2D eigenvalue weighted by molar-refractivity contribution is 8.13. The van der Waals surface area contributed by atoms with Gasteiger partial charge in [0, 0.05) is 12.8 Å². The van der Waals surface area contributed by atoms with Gasteiger partial charge in [0.05, 0.1) is 10.7 Å². The minimum Gasteiger partial charge on any atom is -0.387 e. The minimum atomic E-state index is 0.118. The molecule has 0 spiro atoms. The number of hydrogen-bond acceptors (Lipinski definition) is 3. The van der Waals surface area contributed by atoms with Gasteiger partial charge in [0.15, 0.2) is 5.17 Å². The quantitative estimate of drug-likeness (QED) is 0.551. The molecule has 14 heavy (non-hydrogen) atoms. The average molecular weight is 230 g/mol. The Hall–Kier alpha value is -0.870. The molecule has 0 saturated carbocycles. The smallest absolute Gasteiger partial charge is 0.151 e. The van der Waals surface area contributed by atoms with Crippen LogP contribution in [0, 0.1) is 5.41 Å². The highest BCUT2D eigenvalue weighted by Crippen LogP contribution is 2.28. The van der Waals surface area contributed by atoms with E-state index in [1.54, 1.807) is 0 Å². The molecule has 76 valence electrons. The van der Waals surface area contributed by atoms with Crippen LogP contribution in [-0.4, -0.2) is 12.2 Å². The van der Waals surface area contributed by atoms with Crippen molar-refractivity contribution in [3.63, 3.8) is 0 Å². The van der Waals surface area contributed by atoms with E-state index < -0.39 is 0 Å². The Morgan fingerprint density at radius 2 is 2.36 bits per heavy atom. The summed E-state index contributed by atoms with van der Waals surface area (Å²) in [6, 6.07) is 5.68. The van der Waals surface area contributed by atoms with Crippen LogP contribution in [0.25, 0.3) is 0 Å². The predicted molar refractivity (Wildman–Crippen MR) is 64.2 cm³/mol. The summed E-state index contributed by atoms with van der Waals surface area (Å²) in [7, 11) is 1.82. The van der Waals surface area contributed by atoms with E-state index in [-0.39, 0.29) is 5.17 Å². The van der Waals surface area contributed by atoms with Crippen LogP contribution in [0.5, 0.6) is 0 Å². The van der Waals surface area contributed by atoms with E-state index in [1.165, 1.54) is 11.8 Å². The number of benzene rings is 1. The number of hydrogen-bond donors (Lipinski definition) is 3. The fourth-order valence-electron chi connectivity index (χ4n) is 1.12. The van der Waals surface area contributed by atoms with Crippen molar-refractivity contribution in [1.82, 2.24) is 0 Å². The lowest BCUT2D eigenvalue weighted by molar-refractivity contribution is 1.37. The number of thioether (sulfide) groups is 1. The molecule has 0 saturated heterocycles. The van der Waals surface area contributed by atoms with Crippen molar-refractivity contribution in [2.45, 2.75) is 5.75 Å². The van der Waals surface area contributed by atoms with Crippen molar-refractivity contribution in [3.05, 3.63) is 28.8 Å². The zero-order valence-electron chi connectivity index (χ0n) is 7.80. The number of amidine groups is 1. The summed E-state index contributed by atoms with van der Waals surface area (Å²) in [5.74, 6) is 0.659. The number of rotatable bonds is 3. The SMILES string of the molecule is CNc1c(Cl)cccc1CSC(=N)N. The van der Waals surface area contributed by atoms with Crippen LogP contribution in [0.3, 0.4) is 0 Å². The molecule has 0 amide bonds. The van der Waals surface area contributed by atoms with E-state index in [1.807, 2.05) is 25.2 Å². The van der Waals surface area contributed by atoms with Crippen molar-refractivity contribution in [2.24, 2.45) is 5.73 Å². The van der Waals surface area contributed by atoms with Crippen LogP contribution in [-0.2, 0) is 5.75 Å². The van der Waals surface area contributed by atoms with Crippen molar-refractivity contribution in [3.8, 4) is 0 Å². The second-order valence-electron chi connectivity index (χ2n) is 2.68. The number of anilines is 1. The van der Waals surface area contributed by atoms with Gasteiger partial charge in [-0.1, -0.05) is 35.5 Å². The van der Waals surface area contributed by atoms with Crippen LogP contribution < -0.4 is 11.1 Å². The first-order chi connectivity index (χ1) is 6.65. The number of nitrogens with two attached hydrogens (primary N) is 1. The van der Waals surface area contributed by atoms with E-state index in [0.717, 1.165) is 11.3 Å². The molecule has 0 radical (unpaired) electrons. The van der Waals surface area contributed by atoms with Gasteiger partial charge in [-0.2, -0.15) is 0 Å². The summed E-state index contributed by atoms with van der Waals surface area (Å²) in [4.78, 5) is 0. The molecule has 1 aromatic carbocycles. The molecular weight excluding hydrogens is 218 g/mol. The molecular formula is C9H12ClN3S. The fraction of sp³-hybridized carbons (Fsp3) is 0.222. The zero-order valence-corrected chi connectivity index (χ0v) is 9.38. The summed E-state index contributed by atoms with van der Waals surface area (Å²) in [6.07, 6.45) is 0. The van der Waals surface area contributed by atoms with Gasteiger partial charge in [-0.15, -0.1) is 0 Å². The molecule has 0 aliphatic rings. The second-order valence-corrected chi connectivity index (χ2v) is 4.10. The predicted octanol–water partition coefficient (Wildman–Crippen LogP) is 2.51. The third-order valence-electron chi connectivity index (χ3n) is 1.73. The maximum atomic E-state index is 7.11. The molecule has 3 nitrogen and oxygen atoms in total. The Bertz CT molecular complexity index is 341. The summed E-state index contributed by atoms with van der Waals surface area (Å²) < 4.78 is 0. The third-order valence-corrected chi connectivity index (χ3v) is 2.81. The summed E-state index contributed by atoms with van der Waals surface area (Å²) in [6.45, 7) is 0. The molecule has 0 aliphatic heterocycles. The highest BCUT2D eigenvalue weighted by Gasteiger charge is 2.05. The lowest BCUT2D eigenvalue weighted by Crippen LogP contribution is -2.04. The van der Waals surface area contributed by atoms with Crippen molar-refractivity contribution in [2.75, 3.05) is 12.4 Å². The van der Waals surface area contributed by atoms with E-state index in [0.29, 0.717) is 10.8 Å².